The number of hydrogen-bond donors (Lipinski definition) is 1. The van der Waals surface area contributed by atoms with Gasteiger partial charge in [-0.05, 0) is 24.3 Å². The number of hydrogen-bond acceptors (Lipinski definition) is 4. The van der Waals surface area contributed by atoms with Crippen LogP contribution in [-0.4, -0.2) is 24.5 Å². The van der Waals surface area contributed by atoms with Crippen LogP contribution in [0.15, 0.2) is 28.7 Å². The minimum atomic E-state index is 0.0440. The Labute approximate surface area is 123 Å². The van der Waals surface area contributed by atoms with Crippen LogP contribution in [0.25, 0.3) is 0 Å². The maximum atomic E-state index is 12.5. The Morgan fingerprint density at radius 1 is 1.37 bits per heavy atom. The molecule has 0 bridgehead atoms. The number of carbonyl (C=O) groups is 1. The van der Waals surface area contributed by atoms with Gasteiger partial charge in [0.15, 0.2) is 5.13 Å². The van der Waals surface area contributed by atoms with Crippen LogP contribution in [0.3, 0.4) is 0 Å². The lowest BCUT2D eigenvalue weighted by molar-refractivity contribution is 0.0984. The third-order valence-corrected chi connectivity index (χ3v) is 4.69. The molecule has 2 aromatic rings. The zero-order chi connectivity index (χ0) is 13.4. The highest BCUT2D eigenvalue weighted by Crippen LogP contribution is 2.30. The third-order valence-electron chi connectivity index (χ3n) is 3.06. The number of rotatable bonds is 2. The average molecular weight is 338 g/mol. The molecule has 1 aromatic heterocycles. The fourth-order valence-electron chi connectivity index (χ4n) is 2.10. The van der Waals surface area contributed by atoms with Gasteiger partial charge in [0, 0.05) is 30.2 Å². The van der Waals surface area contributed by atoms with Crippen molar-refractivity contribution in [3.8, 4) is 0 Å². The Balaban J connectivity index is 1.94. The number of carbonyl (C=O) groups excluding carboxylic acids is 1. The lowest BCUT2D eigenvalue weighted by atomic mass is 10.1. The van der Waals surface area contributed by atoms with Crippen LogP contribution in [0, 0.1) is 0 Å². The summed E-state index contributed by atoms with van der Waals surface area (Å²) in [5.41, 5.74) is 1.84. The van der Waals surface area contributed by atoms with Crippen molar-refractivity contribution in [1.82, 2.24) is 4.98 Å². The number of halogens is 1. The molecule has 1 aliphatic rings. The van der Waals surface area contributed by atoms with Gasteiger partial charge in [-0.15, -0.1) is 0 Å². The molecule has 0 saturated carbocycles. The quantitative estimate of drug-likeness (QED) is 0.915. The number of aromatic nitrogens is 1. The second kappa shape index (κ2) is 4.94. The number of benzene rings is 1. The van der Waals surface area contributed by atoms with Crippen LogP contribution < -0.4 is 10.2 Å². The predicted octanol–water partition coefficient (Wildman–Crippen LogP) is 3.15. The van der Waals surface area contributed by atoms with E-state index in [2.05, 4.69) is 26.2 Å². The third kappa shape index (κ3) is 2.26. The van der Waals surface area contributed by atoms with Gasteiger partial charge in [-0.1, -0.05) is 27.3 Å². The average Bonchev–Trinajstić information content (AvgIpc) is 2.85. The number of nitrogens with one attached hydrogen (secondary N) is 1. The first-order valence-electron chi connectivity index (χ1n) is 5.94. The van der Waals surface area contributed by atoms with Gasteiger partial charge in [0.05, 0.1) is 5.69 Å². The van der Waals surface area contributed by atoms with E-state index >= 15 is 0 Å². The van der Waals surface area contributed by atoms with E-state index in [-0.39, 0.29) is 5.91 Å². The van der Waals surface area contributed by atoms with Gasteiger partial charge in [-0.25, -0.2) is 4.98 Å². The number of fused-ring (bicyclic) bond motifs is 1. The van der Waals surface area contributed by atoms with Crippen LogP contribution >= 0.6 is 27.3 Å². The van der Waals surface area contributed by atoms with Gasteiger partial charge in [0.25, 0.3) is 5.91 Å². The second-order valence-electron chi connectivity index (χ2n) is 4.23. The second-order valence-corrected chi connectivity index (χ2v) is 6.14. The molecular weight excluding hydrogens is 326 g/mol. The fourth-order valence-corrected chi connectivity index (χ4v) is 3.28. The normalized spacial score (nSPS) is 14.4. The molecule has 6 heteroatoms. The van der Waals surface area contributed by atoms with Crippen LogP contribution in [0.4, 0.5) is 10.8 Å². The summed E-state index contributed by atoms with van der Waals surface area (Å²) in [6.07, 6.45) is 0.801. The van der Waals surface area contributed by atoms with E-state index < -0.39 is 0 Å². The van der Waals surface area contributed by atoms with Gasteiger partial charge in [-0.2, -0.15) is 0 Å². The zero-order valence-electron chi connectivity index (χ0n) is 10.3. The molecule has 3 rings (SSSR count). The Bertz CT molecular complexity index is 623. The molecule has 0 spiro atoms. The van der Waals surface area contributed by atoms with Gasteiger partial charge in [-0.3, -0.25) is 4.79 Å². The predicted molar refractivity (Wildman–Crippen MR) is 81.2 cm³/mol. The Morgan fingerprint density at radius 2 is 2.11 bits per heavy atom. The van der Waals surface area contributed by atoms with E-state index in [4.69, 9.17) is 0 Å². The maximum Gasteiger partial charge on any atom is 0.270 e. The molecule has 0 fully saturated rings. The lowest BCUT2D eigenvalue weighted by Gasteiger charge is -2.26. The lowest BCUT2D eigenvalue weighted by Crippen LogP contribution is -2.36. The summed E-state index contributed by atoms with van der Waals surface area (Å²) in [6.45, 7) is 0.681. The topological polar surface area (TPSA) is 45.2 Å². The first-order chi connectivity index (χ1) is 9.19. The molecule has 1 N–H and O–H groups in total. The first-order valence-corrected chi connectivity index (χ1v) is 7.55. The van der Waals surface area contributed by atoms with E-state index in [1.807, 2.05) is 36.2 Å². The fraction of sp³-hybridized carbons (Fsp3) is 0.231. The highest BCUT2D eigenvalue weighted by Gasteiger charge is 2.29. The summed E-state index contributed by atoms with van der Waals surface area (Å²) >= 11 is 4.83. The Hall–Kier alpha value is -1.40. The van der Waals surface area contributed by atoms with E-state index in [1.54, 1.807) is 0 Å². The number of thiazole rings is 1. The highest BCUT2D eigenvalue weighted by atomic mass is 79.9. The molecule has 98 valence electrons. The molecule has 1 amide bonds. The molecule has 4 nitrogen and oxygen atoms in total. The summed E-state index contributed by atoms with van der Waals surface area (Å²) in [6, 6.07) is 7.80. The Kier molecular flexibility index (Phi) is 3.28. The molecule has 0 radical (unpaired) electrons. The standard InChI is InChI=1S/C13H12BrN3OS/c1-15-13-16-10-6-7-17(12(18)11(10)19-13)9-4-2-8(14)3-5-9/h2-5H,6-7H2,1H3,(H,15,16). The van der Waals surface area contributed by atoms with Crippen LogP contribution in [0.2, 0.25) is 0 Å². The van der Waals surface area contributed by atoms with Crippen LogP contribution in [0.5, 0.6) is 0 Å². The molecule has 2 heterocycles. The van der Waals surface area contributed by atoms with Crippen molar-refractivity contribution in [1.29, 1.82) is 0 Å². The number of nitrogens with zero attached hydrogens (tertiary/aromatic N) is 2. The summed E-state index contributed by atoms with van der Waals surface area (Å²) in [7, 11) is 1.82. The molecule has 0 aliphatic carbocycles. The highest BCUT2D eigenvalue weighted by molar-refractivity contribution is 9.10. The minimum absolute atomic E-state index is 0.0440. The van der Waals surface area contributed by atoms with E-state index in [9.17, 15) is 4.79 Å². The van der Waals surface area contributed by atoms with Gasteiger partial charge >= 0.3 is 0 Å². The van der Waals surface area contributed by atoms with E-state index in [0.29, 0.717) is 6.54 Å². The molecule has 0 unspecified atom stereocenters. The minimum Gasteiger partial charge on any atom is -0.365 e. The van der Waals surface area contributed by atoms with Crippen molar-refractivity contribution < 1.29 is 4.79 Å². The Morgan fingerprint density at radius 3 is 2.79 bits per heavy atom. The van der Waals surface area contributed by atoms with Gasteiger partial charge < -0.3 is 10.2 Å². The summed E-state index contributed by atoms with van der Waals surface area (Å²) in [5.74, 6) is 0.0440. The summed E-state index contributed by atoms with van der Waals surface area (Å²) in [5, 5.41) is 3.80. The van der Waals surface area contributed by atoms with Crippen LogP contribution in [0.1, 0.15) is 15.4 Å². The van der Waals surface area contributed by atoms with Gasteiger partial charge in [0.1, 0.15) is 4.88 Å². The van der Waals surface area contributed by atoms with Crippen molar-refractivity contribution in [2.45, 2.75) is 6.42 Å². The molecule has 1 aliphatic heterocycles. The van der Waals surface area contributed by atoms with E-state index in [0.717, 1.165) is 32.3 Å². The first kappa shape index (κ1) is 12.6. The van der Waals surface area contributed by atoms with E-state index in [1.165, 1.54) is 11.3 Å². The van der Waals surface area contributed by atoms with Crippen molar-refractivity contribution in [3.05, 3.63) is 39.3 Å². The molecule has 1 aromatic carbocycles. The maximum absolute atomic E-state index is 12.5. The molecular formula is C13H12BrN3OS. The summed E-state index contributed by atoms with van der Waals surface area (Å²) in [4.78, 5) is 19.5. The number of anilines is 2. The monoisotopic (exact) mass is 337 g/mol. The molecule has 19 heavy (non-hydrogen) atoms. The largest absolute Gasteiger partial charge is 0.365 e. The molecule has 0 saturated heterocycles. The van der Waals surface area contributed by atoms with Crippen molar-refractivity contribution in [2.75, 3.05) is 23.8 Å². The molecule has 0 atom stereocenters. The van der Waals surface area contributed by atoms with Crippen molar-refractivity contribution >= 4 is 44.0 Å². The zero-order valence-corrected chi connectivity index (χ0v) is 12.7. The van der Waals surface area contributed by atoms with Crippen molar-refractivity contribution in [3.63, 3.8) is 0 Å². The van der Waals surface area contributed by atoms with Crippen LogP contribution in [-0.2, 0) is 6.42 Å². The van der Waals surface area contributed by atoms with Crippen molar-refractivity contribution in [2.24, 2.45) is 0 Å². The van der Waals surface area contributed by atoms with Gasteiger partial charge in [0.2, 0.25) is 0 Å². The number of amides is 1. The summed E-state index contributed by atoms with van der Waals surface area (Å²) < 4.78 is 1.01. The smallest absolute Gasteiger partial charge is 0.270 e. The SMILES string of the molecule is CNc1nc2c(s1)C(=O)N(c1ccc(Br)cc1)CC2.